The maximum Gasteiger partial charge on any atom is 0.231 e. The molecule has 0 atom stereocenters. The first kappa shape index (κ1) is 10.2. The lowest BCUT2D eigenvalue weighted by molar-refractivity contribution is 0.174. The number of imidazole rings is 1. The molecule has 1 aromatic carbocycles. The zero-order valence-corrected chi connectivity index (χ0v) is 9.66. The molecule has 0 bridgehead atoms. The van der Waals surface area contributed by atoms with Crippen molar-refractivity contribution in [3.8, 4) is 17.4 Å². The Morgan fingerprint density at radius 3 is 2.94 bits per heavy atom. The Morgan fingerprint density at radius 2 is 2.18 bits per heavy atom. The second-order valence-corrected chi connectivity index (χ2v) is 4.11. The molecule has 17 heavy (non-hydrogen) atoms. The molecule has 1 aliphatic heterocycles. The first-order chi connectivity index (χ1) is 8.24. The lowest BCUT2D eigenvalue weighted by atomic mass is 10.2. The predicted octanol–water partition coefficient (Wildman–Crippen LogP) is 2.03. The summed E-state index contributed by atoms with van der Waals surface area (Å²) in [6, 6.07) is 5.66. The molecular formula is C11H10N2O3S. The number of H-pyrrole nitrogens is 1. The number of hydrogen-bond acceptors (Lipinski definition) is 4. The lowest BCUT2D eigenvalue weighted by Gasteiger charge is -2.05. The Bertz CT molecular complexity index is 617. The zero-order valence-electron chi connectivity index (χ0n) is 8.84. The van der Waals surface area contributed by atoms with E-state index in [1.54, 1.807) is 4.57 Å². The van der Waals surface area contributed by atoms with E-state index in [-0.39, 0.29) is 12.7 Å². The fourth-order valence-electron chi connectivity index (χ4n) is 1.76. The van der Waals surface area contributed by atoms with Crippen molar-refractivity contribution >= 4 is 12.2 Å². The third-order valence-electron chi connectivity index (χ3n) is 2.62. The van der Waals surface area contributed by atoms with Gasteiger partial charge in [0.2, 0.25) is 12.7 Å². The molecule has 0 aliphatic carbocycles. The Labute approximate surface area is 102 Å². The van der Waals surface area contributed by atoms with Gasteiger partial charge in [-0.05, 0) is 29.9 Å². The smallest absolute Gasteiger partial charge is 0.231 e. The molecule has 1 aromatic heterocycles. The van der Waals surface area contributed by atoms with Crippen molar-refractivity contribution in [3.63, 3.8) is 0 Å². The molecule has 1 aliphatic rings. The standard InChI is InChI=1S/C11H10N2O3S/c14-10-4-12-11(17)13(10)5-7-1-2-8-9(3-7)16-6-15-8/h1-4,14H,5-6H2,(H,12,17). The maximum absolute atomic E-state index is 9.60. The largest absolute Gasteiger partial charge is 0.493 e. The average molecular weight is 250 g/mol. The van der Waals surface area contributed by atoms with Gasteiger partial charge in [0.25, 0.3) is 0 Å². The SMILES string of the molecule is Oc1c[nH]c(=S)n1Cc1ccc2c(c1)OCO2. The highest BCUT2D eigenvalue weighted by Gasteiger charge is 2.13. The summed E-state index contributed by atoms with van der Waals surface area (Å²) >= 11 is 5.06. The van der Waals surface area contributed by atoms with Crippen LogP contribution in [0.5, 0.6) is 17.4 Å². The van der Waals surface area contributed by atoms with Crippen LogP contribution in [-0.2, 0) is 6.54 Å². The van der Waals surface area contributed by atoms with E-state index in [0.717, 1.165) is 17.1 Å². The van der Waals surface area contributed by atoms with Crippen LogP contribution < -0.4 is 9.47 Å². The third-order valence-corrected chi connectivity index (χ3v) is 2.96. The summed E-state index contributed by atoms with van der Waals surface area (Å²) in [4.78, 5) is 2.78. The average Bonchev–Trinajstić information content (AvgIpc) is 2.90. The third kappa shape index (κ3) is 1.76. The summed E-state index contributed by atoms with van der Waals surface area (Å²) in [6.45, 7) is 0.748. The van der Waals surface area contributed by atoms with Crippen LogP contribution in [-0.4, -0.2) is 21.5 Å². The maximum atomic E-state index is 9.60. The molecule has 0 spiro atoms. The molecule has 0 unspecified atom stereocenters. The number of aromatic amines is 1. The molecule has 88 valence electrons. The van der Waals surface area contributed by atoms with Gasteiger partial charge in [0.05, 0.1) is 12.7 Å². The first-order valence-corrected chi connectivity index (χ1v) is 5.50. The highest BCUT2D eigenvalue weighted by Crippen LogP contribution is 2.32. The molecular weight excluding hydrogens is 240 g/mol. The minimum atomic E-state index is 0.118. The van der Waals surface area contributed by atoms with Gasteiger partial charge in [-0.1, -0.05) is 6.07 Å². The number of aromatic nitrogens is 2. The number of fused-ring (bicyclic) bond motifs is 1. The normalized spacial score (nSPS) is 12.9. The van der Waals surface area contributed by atoms with Gasteiger partial charge in [-0.2, -0.15) is 0 Å². The van der Waals surface area contributed by atoms with Gasteiger partial charge < -0.3 is 19.6 Å². The molecule has 2 N–H and O–H groups in total. The highest BCUT2D eigenvalue weighted by molar-refractivity contribution is 7.71. The number of rotatable bonds is 2. The lowest BCUT2D eigenvalue weighted by Crippen LogP contribution is -1.99. The molecule has 0 radical (unpaired) electrons. The van der Waals surface area contributed by atoms with Gasteiger partial charge in [-0.15, -0.1) is 0 Å². The van der Waals surface area contributed by atoms with E-state index in [1.807, 2.05) is 18.2 Å². The van der Waals surface area contributed by atoms with E-state index in [0.29, 0.717) is 11.3 Å². The van der Waals surface area contributed by atoms with Crippen LogP contribution in [0.15, 0.2) is 24.4 Å². The number of nitrogens with zero attached hydrogens (tertiary/aromatic N) is 1. The van der Waals surface area contributed by atoms with Crippen LogP contribution in [0.3, 0.4) is 0 Å². The summed E-state index contributed by atoms with van der Waals surface area (Å²) in [5, 5.41) is 9.60. The summed E-state index contributed by atoms with van der Waals surface area (Å²) in [5.41, 5.74) is 0.986. The molecule has 5 nitrogen and oxygen atoms in total. The number of nitrogens with one attached hydrogen (secondary N) is 1. The number of benzene rings is 1. The first-order valence-electron chi connectivity index (χ1n) is 5.10. The summed E-state index contributed by atoms with van der Waals surface area (Å²) in [6.07, 6.45) is 1.47. The van der Waals surface area contributed by atoms with E-state index in [2.05, 4.69) is 4.98 Å². The molecule has 2 aromatic rings. The van der Waals surface area contributed by atoms with E-state index in [4.69, 9.17) is 21.7 Å². The van der Waals surface area contributed by atoms with Crippen molar-refractivity contribution < 1.29 is 14.6 Å². The van der Waals surface area contributed by atoms with Crippen LogP contribution in [0.4, 0.5) is 0 Å². The fraction of sp³-hybridized carbons (Fsp3) is 0.182. The summed E-state index contributed by atoms with van der Waals surface area (Å²) in [5.74, 6) is 1.59. The minimum absolute atomic E-state index is 0.118. The summed E-state index contributed by atoms with van der Waals surface area (Å²) in [7, 11) is 0. The van der Waals surface area contributed by atoms with Crippen molar-refractivity contribution in [2.24, 2.45) is 0 Å². The predicted molar refractivity (Wildman–Crippen MR) is 62.9 cm³/mol. The number of ether oxygens (including phenoxy) is 2. The topological polar surface area (TPSA) is 59.4 Å². The van der Waals surface area contributed by atoms with Crippen LogP contribution in [0.1, 0.15) is 5.56 Å². The van der Waals surface area contributed by atoms with Crippen LogP contribution >= 0.6 is 12.2 Å². The monoisotopic (exact) mass is 250 g/mol. The van der Waals surface area contributed by atoms with Gasteiger partial charge in [0.1, 0.15) is 0 Å². The molecule has 0 saturated heterocycles. The van der Waals surface area contributed by atoms with Gasteiger partial charge >= 0.3 is 0 Å². The van der Waals surface area contributed by atoms with Crippen LogP contribution in [0, 0.1) is 4.77 Å². The molecule has 0 fully saturated rings. The fourth-order valence-corrected chi connectivity index (χ4v) is 1.98. The van der Waals surface area contributed by atoms with Gasteiger partial charge in [-0.3, -0.25) is 4.57 Å². The van der Waals surface area contributed by atoms with E-state index < -0.39 is 0 Å². The van der Waals surface area contributed by atoms with E-state index in [1.165, 1.54) is 6.20 Å². The van der Waals surface area contributed by atoms with Gasteiger partial charge in [-0.25, -0.2) is 0 Å². The molecule has 0 saturated carbocycles. The second kappa shape index (κ2) is 3.81. The van der Waals surface area contributed by atoms with Crippen molar-refractivity contribution in [2.75, 3.05) is 6.79 Å². The van der Waals surface area contributed by atoms with Crippen molar-refractivity contribution in [1.29, 1.82) is 0 Å². The van der Waals surface area contributed by atoms with Crippen molar-refractivity contribution in [2.45, 2.75) is 6.54 Å². The van der Waals surface area contributed by atoms with Crippen LogP contribution in [0.25, 0.3) is 0 Å². The summed E-state index contributed by atoms with van der Waals surface area (Å²) < 4.78 is 12.6. The van der Waals surface area contributed by atoms with Crippen molar-refractivity contribution in [3.05, 3.63) is 34.7 Å². The number of hydrogen-bond donors (Lipinski definition) is 2. The molecule has 2 heterocycles. The van der Waals surface area contributed by atoms with E-state index in [9.17, 15) is 5.11 Å². The highest BCUT2D eigenvalue weighted by atomic mass is 32.1. The Balaban J connectivity index is 1.94. The molecule has 3 rings (SSSR count). The van der Waals surface area contributed by atoms with Gasteiger partial charge in [0.15, 0.2) is 16.3 Å². The Morgan fingerprint density at radius 1 is 1.35 bits per heavy atom. The quantitative estimate of drug-likeness (QED) is 0.801. The van der Waals surface area contributed by atoms with E-state index >= 15 is 0 Å². The van der Waals surface area contributed by atoms with Crippen LogP contribution in [0.2, 0.25) is 0 Å². The zero-order chi connectivity index (χ0) is 11.8. The molecule has 0 amide bonds. The number of aromatic hydroxyl groups is 1. The minimum Gasteiger partial charge on any atom is -0.493 e. The van der Waals surface area contributed by atoms with Crippen molar-refractivity contribution in [1.82, 2.24) is 9.55 Å². The Kier molecular flexibility index (Phi) is 2.29. The Hall–Kier alpha value is -1.95. The molecule has 6 heteroatoms. The second-order valence-electron chi connectivity index (χ2n) is 3.73. The van der Waals surface area contributed by atoms with Gasteiger partial charge in [0, 0.05) is 0 Å².